The van der Waals surface area contributed by atoms with Crippen molar-refractivity contribution in [1.82, 2.24) is 19.5 Å². The van der Waals surface area contributed by atoms with Gasteiger partial charge in [-0.05, 0) is 26.0 Å². The molecule has 16 heavy (non-hydrogen) atoms. The number of hydrogen-bond acceptors (Lipinski definition) is 3. The van der Waals surface area contributed by atoms with Gasteiger partial charge in [0.2, 0.25) is 0 Å². The highest BCUT2D eigenvalue weighted by atomic mass is 15.3. The molecule has 1 fully saturated rings. The molecule has 0 spiro atoms. The first-order valence-corrected chi connectivity index (χ1v) is 5.79. The fourth-order valence-electron chi connectivity index (χ4n) is 2.24. The number of pyridine rings is 1. The molecule has 0 unspecified atom stereocenters. The van der Waals surface area contributed by atoms with Crippen molar-refractivity contribution in [2.75, 3.05) is 13.1 Å². The Labute approximate surface area is 94.9 Å². The van der Waals surface area contributed by atoms with Crippen molar-refractivity contribution in [2.45, 2.75) is 25.8 Å². The summed E-state index contributed by atoms with van der Waals surface area (Å²) in [7, 11) is 0. The molecule has 2 aromatic heterocycles. The minimum absolute atomic E-state index is 0.541. The molecule has 1 aliphatic rings. The lowest BCUT2D eigenvalue weighted by Gasteiger charge is -2.41. The van der Waals surface area contributed by atoms with Crippen LogP contribution in [0.15, 0.2) is 24.4 Å². The van der Waals surface area contributed by atoms with E-state index in [1.54, 1.807) is 0 Å². The second-order valence-electron chi connectivity index (χ2n) is 4.73. The predicted octanol–water partition coefficient (Wildman–Crippen LogP) is 1.54. The molecule has 4 heteroatoms. The second-order valence-corrected chi connectivity index (χ2v) is 4.73. The van der Waals surface area contributed by atoms with Crippen molar-refractivity contribution in [3.63, 3.8) is 0 Å². The van der Waals surface area contributed by atoms with Crippen molar-refractivity contribution in [3.8, 4) is 0 Å². The molecule has 3 heterocycles. The maximum absolute atomic E-state index is 4.30. The first kappa shape index (κ1) is 9.78. The average Bonchev–Trinajstić information content (AvgIpc) is 2.60. The molecular formula is C12H16N4. The Morgan fingerprint density at radius 1 is 1.25 bits per heavy atom. The monoisotopic (exact) mass is 216 g/mol. The summed E-state index contributed by atoms with van der Waals surface area (Å²) in [5.74, 6) is 1.65. The Balaban J connectivity index is 1.86. The number of hydrogen-bond donors (Lipinski definition) is 0. The van der Waals surface area contributed by atoms with Crippen LogP contribution in [0.5, 0.6) is 0 Å². The van der Waals surface area contributed by atoms with Crippen LogP contribution >= 0.6 is 0 Å². The predicted molar refractivity (Wildman–Crippen MR) is 62.4 cm³/mol. The second kappa shape index (κ2) is 3.56. The van der Waals surface area contributed by atoms with Gasteiger partial charge in [-0.25, -0.2) is 0 Å². The molecule has 1 saturated heterocycles. The van der Waals surface area contributed by atoms with Gasteiger partial charge >= 0.3 is 0 Å². The number of fused-ring (bicyclic) bond motifs is 1. The van der Waals surface area contributed by atoms with Crippen LogP contribution in [0.1, 0.15) is 25.6 Å². The minimum Gasteiger partial charge on any atom is -0.299 e. The highest BCUT2D eigenvalue weighted by Crippen LogP contribution is 2.27. The van der Waals surface area contributed by atoms with E-state index >= 15 is 0 Å². The summed E-state index contributed by atoms with van der Waals surface area (Å²) in [6, 6.07) is 6.65. The number of rotatable bonds is 2. The number of likely N-dealkylation sites (tertiary alicyclic amines) is 1. The van der Waals surface area contributed by atoms with Crippen LogP contribution in [0.4, 0.5) is 0 Å². The lowest BCUT2D eigenvalue weighted by Crippen LogP contribution is -2.49. The molecule has 0 atom stereocenters. The maximum Gasteiger partial charge on any atom is 0.160 e. The van der Waals surface area contributed by atoms with Crippen molar-refractivity contribution in [2.24, 2.45) is 0 Å². The van der Waals surface area contributed by atoms with Crippen LogP contribution < -0.4 is 0 Å². The van der Waals surface area contributed by atoms with E-state index in [4.69, 9.17) is 0 Å². The largest absolute Gasteiger partial charge is 0.299 e. The molecule has 0 aromatic carbocycles. The van der Waals surface area contributed by atoms with Crippen molar-refractivity contribution in [1.29, 1.82) is 0 Å². The summed E-state index contributed by atoms with van der Waals surface area (Å²) in [6.45, 7) is 6.68. The van der Waals surface area contributed by atoms with E-state index < -0.39 is 0 Å². The molecule has 0 radical (unpaired) electrons. The molecule has 1 aliphatic heterocycles. The van der Waals surface area contributed by atoms with E-state index in [2.05, 4.69) is 33.3 Å². The zero-order chi connectivity index (χ0) is 11.1. The molecule has 0 bridgehead atoms. The van der Waals surface area contributed by atoms with Crippen LogP contribution in [0.2, 0.25) is 0 Å². The molecule has 0 saturated carbocycles. The minimum atomic E-state index is 0.541. The van der Waals surface area contributed by atoms with E-state index in [0.717, 1.165) is 24.6 Å². The fourth-order valence-corrected chi connectivity index (χ4v) is 2.24. The topological polar surface area (TPSA) is 33.4 Å². The Morgan fingerprint density at radius 2 is 2.06 bits per heavy atom. The molecule has 4 nitrogen and oxygen atoms in total. The Kier molecular flexibility index (Phi) is 2.17. The molecular weight excluding hydrogens is 200 g/mol. The zero-order valence-electron chi connectivity index (χ0n) is 9.67. The zero-order valence-corrected chi connectivity index (χ0v) is 9.67. The fraction of sp³-hybridized carbons (Fsp3) is 0.500. The summed E-state index contributed by atoms with van der Waals surface area (Å²) in [5.41, 5.74) is 0.945. The third-order valence-electron chi connectivity index (χ3n) is 3.35. The van der Waals surface area contributed by atoms with Crippen molar-refractivity contribution >= 4 is 5.65 Å². The van der Waals surface area contributed by atoms with Crippen LogP contribution in [0.3, 0.4) is 0 Å². The van der Waals surface area contributed by atoms with Gasteiger partial charge in [0.25, 0.3) is 0 Å². The highest BCUT2D eigenvalue weighted by molar-refractivity contribution is 5.38. The lowest BCUT2D eigenvalue weighted by molar-refractivity contribution is 0.105. The first-order valence-electron chi connectivity index (χ1n) is 5.79. The van der Waals surface area contributed by atoms with Gasteiger partial charge < -0.3 is 0 Å². The molecule has 0 amide bonds. The van der Waals surface area contributed by atoms with Gasteiger partial charge in [0, 0.05) is 31.2 Å². The lowest BCUT2D eigenvalue weighted by atomic mass is 9.97. The Bertz CT molecular complexity index is 496. The van der Waals surface area contributed by atoms with Gasteiger partial charge in [0.1, 0.15) is 5.82 Å². The van der Waals surface area contributed by atoms with Gasteiger partial charge in [-0.15, -0.1) is 10.2 Å². The van der Waals surface area contributed by atoms with E-state index in [1.165, 1.54) is 0 Å². The van der Waals surface area contributed by atoms with E-state index in [0.29, 0.717) is 12.0 Å². The van der Waals surface area contributed by atoms with Crippen LogP contribution in [-0.4, -0.2) is 38.6 Å². The van der Waals surface area contributed by atoms with Gasteiger partial charge in [-0.2, -0.15) is 0 Å². The van der Waals surface area contributed by atoms with E-state index in [9.17, 15) is 0 Å². The molecule has 0 aliphatic carbocycles. The summed E-state index contributed by atoms with van der Waals surface area (Å²) in [6.07, 6.45) is 2.04. The smallest absolute Gasteiger partial charge is 0.160 e. The van der Waals surface area contributed by atoms with Crippen LogP contribution in [0.25, 0.3) is 5.65 Å². The van der Waals surface area contributed by atoms with Crippen molar-refractivity contribution < 1.29 is 0 Å². The molecule has 84 valence electrons. The molecule has 3 rings (SSSR count). The summed E-state index contributed by atoms with van der Waals surface area (Å²) < 4.78 is 2.10. The van der Waals surface area contributed by atoms with Gasteiger partial charge in [-0.3, -0.25) is 9.30 Å². The Morgan fingerprint density at radius 3 is 2.81 bits per heavy atom. The number of nitrogens with zero attached hydrogens (tertiary/aromatic N) is 4. The van der Waals surface area contributed by atoms with E-state index in [-0.39, 0.29) is 0 Å². The SMILES string of the molecule is CC(C)N1CC(c2nnc3ccccn23)C1. The third-order valence-corrected chi connectivity index (χ3v) is 3.35. The first-order chi connectivity index (χ1) is 7.75. The Hall–Kier alpha value is -1.42. The normalized spacial score (nSPS) is 18.2. The van der Waals surface area contributed by atoms with E-state index in [1.807, 2.05) is 24.4 Å². The summed E-state index contributed by atoms with van der Waals surface area (Å²) >= 11 is 0. The quantitative estimate of drug-likeness (QED) is 0.763. The van der Waals surface area contributed by atoms with Gasteiger partial charge in [-0.1, -0.05) is 6.07 Å². The van der Waals surface area contributed by atoms with Crippen LogP contribution in [-0.2, 0) is 0 Å². The standard InChI is InChI=1S/C12H16N4/c1-9(2)15-7-10(8-15)12-14-13-11-5-3-4-6-16(11)12/h3-6,9-10H,7-8H2,1-2H3. The van der Waals surface area contributed by atoms with Gasteiger partial charge in [0.15, 0.2) is 5.65 Å². The third kappa shape index (κ3) is 1.41. The highest BCUT2D eigenvalue weighted by Gasteiger charge is 2.32. The molecule has 0 N–H and O–H groups in total. The van der Waals surface area contributed by atoms with Gasteiger partial charge in [0.05, 0.1) is 0 Å². The molecule has 2 aromatic rings. The van der Waals surface area contributed by atoms with Crippen LogP contribution in [0, 0.1) is 0 Å². The average molecular weight is 216 g/mol. The maximum atomic E-state index is 4.30. The number of aromatic nitrogens is 3. The summed E-state index contributed by atoms with van der Waals surface area (Å²) in [4.78, 5) is 2.45. The van der Waals surface area contributed by atoms with Crippen molar-refractivity contribution in [3.05, 3.63) is 30.2 Å². The summed E-state index contributed by atoms with van der Waals surface area (Å²) in [5, 5.41) is 8.48.